The molecule has 0 unspecified atom stereocenters. The molecule has 0 saturated heterocycles. The van der Waals surface area contributed by atoms with Crippen molar-refractivity contribution in [3.05, 3.63) is 41.2 Å². The number of ether oxygens (including phenoxy) is 2. The quantitative estimate of drug-likeness (QED) is 0.888. The van der Waals surface area contributed by atoms with Crippen molar-refractivity contribution in [1.82, 2.24) is 4.98 Å². The molecule has 0 radical (unpaired) electrons. The molecule has 7 heteroatoms. The molecule has 0 saturated carbocycles. The first-order valence-corrected chi connectivity index (χ1v) is 6.06. The number of nitrogens with one attached hydrogen (secondary N) is 1. The molecule has 1 amide bonds. The fraction of sp³-hybridized carbons (Fsp3) is 0.0769. The molecule has 1 aromatic heterocycles. The summed E-state index contributed by atoms with van der Waals surface area (Å²) in [6.07, 6.45) is 2.58. The van der Waals surface area contributed by atoms with Crippen LogP contribution in [0.2, 0.25) is 5.02 Å². The van der Waals surface area contributed by atoms with Crippen molar-refractivity contribution in [3.63, 3.8) is 0 Å². The molecule has 0 aliphatic carbocycles. The van der Waals surface area contributed by atoms with Gasteiger partial charge in [-0.15, -0.1) is 0 Å². The summed E-state index contributed by atoms with van der Waals surface area (Å²) in [6.45, 7) is 0.125. The van der Waals surface area contributed by atoms with E-state index in [0.717, 1.165) is 0 Å². The van der Waals surface area contributed by atoms with E-state index < -0.39 is 5.91 Å². The highest BCUT2D eigenvalue weighted by Crippen LogP contribution is 2.39. The van der Waals surface area contributed by atoms with E-state index in [1.807, 2.05) is 0 Å². The van der Waals surface area contributed by atoms with Crippen LogP contribution in [0.25, 0.3) is 0 Å². The molecule has 3 rings (SSSR count). The number of carbonyl (C=O) groups is 1. The van der Waals surface area contributed by atoms with Crippen LogP contribution in [0.4, 0.5) is 5.69 Å². The third kappa shape index (κ3) is 2.33. The number of halogens is 1. The van der Waals surface area contributed by atoms with Gasteiger partial charge in [0.05, 0.1) is 22.5 Å². The average molecular weight is 293 g/mol. The molecule has 1 aliphatic rings. The molecule has 1 aliphatic heterocycles. The summed E-state index contributed by atoms with van der Waals surface area (Å²) in [5, 5.41) is 12.3. The number of aromatic nitrogens is 1. The van der Waals surface area contributed by atoms with Crippen LogP contribution < -0.4 is 14.8 Å². The Bertz CT molecular complexity index is 690. The minimum absolute atomic E-state index is 0.0885. The lowest BCUT2D eigenvalue weighted by Crippen LogP contribution is -2.12. The summed E-state index contributed by atoms with van der Waals surface area (Å²) < 4.78 is 10.4. The molecule has 0 fully saturated rings. The minimum atomic E-state index is -0.436. The van der Waals surface area contributed by atoms with Gasteiger partial charge in [-0.1, -0.05) is 11.6 Å². The van der Waals surface area contributed by atoms with Crippen LogP contribution in [-0.2, 0) is 0 Å². The lowest BCUT2D eigenvalue weighted by atomic mass is 10.2. The summed E-state index contributed by atoms with van der Waals surface area (Å²) >= 11 is 6.06. The second-order valence-corrected chi connectivity index (χ2v) is 4.48. The van der Waals surface area contributed by atoms with Gasteiger partial charge in [0.15, 0.2) is 11.5 Å². The van der Waals surface area contributed by atoms with E-state index in [1.54, 1.807) is 12.1 Å². The Morgan fingerprint density at radius 3 is 2.75 bits per heavy atom. The Morgan fingerprint density at radius 1 is 1.25 bits per heavy atom. The van der Waals surface area contributed by atoms with E-state index in [0.29, 0.717) is 22.2 Å². The number of hydrogen-bond donors (Lipinski definition) is 2. The first kappa shape index (κ1) is 12.6. The smallest absolute Gasteiger partial charge is 0.257 e. The van der Waals surface area contributed by atoms with Gasteiger partial charge in [0.2, 0.25) is 6.79 Å². The first-order valence-electron chi connectivity index (χ1n) is 5.68. The Balaban J connectivity index is 1.86. The highest BCUT2D eigenvalue weighted by Gasteiger charge is 2.18. The molecule has 6 nitrogen and oxygen atoms in total. The van der Waals surface area contributed by atoms with E-state index in [2.05, 4.69) is 10.3 Å². The Labute approximate surface area is 118 Å². The number of aromatic hydroxyl groups is 1. The van der Waals surface area contributed by atoms with E-state index in [9.17, 15) is 9.90 Å². The number of amides is 1. The van der Waals surface area contributed by atoms with Crippen LogP contribution in [0.15, 0.2) is 30.6 Å². The number of hydrogen-bond acceptors (Lipinski definition) is 5. The van der Waals surface area contributed by atoms with Crippen molar-refractivity contribution in [2.75, 3.05) is 12.1 Å². The van der Waals surface area contributed by atoms with E-state index in [-0.39, 0.29) is 18.1 Å². The highest BCUT2D eigenvalue weighted by molar-refractivity contribution is 6.34. The zero-order valence-electron chi connectivity index (χ0n) is 10.1. The van der Waals surface area contributed by atoms with E-state index in [1.165, 1.54) is 18.5 Å². The van der Waals surface area contributed by atoms with E-state index in [4.69, 9.17) is 21.1 Å². The van der Waals surface area contributed by atoms with Crippen LogP contribution in [0.5, 0.6) is 17.2 Å². The second-order valence-electron chi connectivity index (χ2n) is 4.07. The number of fused-ring (bicyclic) bond motifs is 1. The molecule has 0 bridgehead atoms. The summed E-state index contributed by atoms with van der Waals surface area (Å²) in [4.78, 5) is 15.8. The van der Waals surface area contributed by atoms with Crippen molar-refractivity contribution in [2.24, 2.45) is 0 Å². The lowest BCUT2D eigenvalue weighted by molar-refractivity contribution is 0.102. The summed E-state index contributed by atoms with van der Waals surface area (Å²) in [5.41, 5.74) is 0.614. The van der Waals surface area contributed by atoms with Gasteiger partial charge in [0, 0.05) is 18.3 Å². The molecule has 2 heterocycles. The van der Waals surface area contributed by atoms with E-state index >= 15 is 0 Å². The number of pyridine rings is 1. The minimum Gasteiger partial charge on any atom is -0.506 e. The van der Waals surface area contributed by atoms with Gasteiger partial charge < -0.3 is 19.9 Å². The van der Waals surface area contributed by atoms with Crippen molar-refractivity contribution >= 4 is 23.2 Å². The zero-order chi connectivity index (χ0) is 14.1. The number of carbonyl (C=O) groups excluding carboxylic acids is 1. The van der Waals surface area contributed by atoms with Gasteiger partial charge in [0.25, 0.3) is 5.91 Å². The molecule has 0 spiro atoms. The molecular weight excluding hydrogens is 284 g/mol. The maximum Gasteiger partial charge on any atom is 0.257 e. The second kappa shape index (κ2) is 4.90. The maximum absolute atomic E-state index is 12.0. The number of rotatable bonds is 2. The lowest BCUT2D eigenvalue weighted by Gasteiger charge is -2.08. The monoisotopic (exact) mass is 292 g/mol. The van der Waals surface area contributed by atoms with Gasteiger partial charge in [-0.25, -0.2) is 0 Å². The van der Waals surface area contributed by atoms with Crippen molar-refractivity contribution in [3.8, 4) is 17.2 Å². The van der Waals surface area contributed by atoms with Crippen LogP contribution in [0.1, 0.15) is 10.4 Å². The Morgan fingerprint density at radius 2 is 2.00 bits per heavy atom. The summed E-state index contributed by atoms with van der Waals surface area (Å²) in [5.74, 6) is 0.523. The van der Waals surface area contributed by atoms with Crippen molar-refractivity contribution in [1.29, 1.82) is 0 Å². The number of anilines is 1. The van der Waals surface area contributed by atoms with Gasteiger partial charge >= 0.3 is 0 Å². The van der Waals surface area contributed by atoms with Gasteiger partial charge in [0.1, 0.15) is 5.75 Å². The zero-order valence-corrected chi connectivity index (χ0v) is 10.8. The molecule has 20 heavy (non-hydrogen) atoms. The third-order valence-corrected chi connectivity index (χ3v) is 3.01. The molecule has 2 N–H and O–H groups in total. The molecule has 1 aromatic carbocycles. The van der Waals surface area contributed by atoms with Crippen molar-refractivity contribution < 1.29 is 19.4 Å². The molecule has 2 aromatic rings. The maximum atomic E-state index is 12.0. The van der Waals surface area contributed by atoms with Crippen LogP contribution in [-0.4, -0.2) is 22.8 Å². The highest BCUT2D eigenvalue weighted by atomic mass is 35.5. The predicted octanol–water partition coefficient (Wildman–Crippen LogP) is 2.42. The SMILES string of the molecule is O=C(Nc1cc2c(cc1Cl)OCO2)c1cncc(O)c1. The normalized spacial score (nSPS) is 12.2. The molecule has 0 atom stereocenters. The summed E-state index contributed by atoms with van der Waals surface area (Å²) in [7, 11) is 0. The number of benzene rings is 1. The predicted molar refractivity (Wildman–Crippen MR) is 71.4 cm³/mol. The van der Waals surface area contributed by atoms with Gasteiger partial charge in [-0.3, -0.25) is 9.78 Å². The fourth-order valence-electron chi connectivity index (χ4n) is 1.76. The van der Waals surface area contributed by atoms with Crippen LogP contribution in [0, 0.1) is 0 Å². The summed E-state index contributed by atoms with van der Waals surface area (Å²) in [6, 6.07) is 4.46. The Kier molecular flexibility index (Phi) is 3.08. The third-order valence-electron chi connectivity index (χ3n) is 2.70. The van der Waals surface area contributed by atoms with Gasteiger partial charge in [-0.2, -0.15) is 0 Å². The standard InChI is InChI=1S/C13H9ClN2O4/c14-9-2-11-12(20-6-19-11)3-10(9)16-13(18)7-1-8(17)5-15-4-7/h1-5,17H,6H2,(H,16,18). The topological polar surface area (TPSA) is 80.7 Å². The molecule has 102 valence electrons. The van der Waals surface area contributed by atoms with Crippen LogP contribution in [0.3, 0.4) is 0 Å². The van der Waals surface area contributed by atoms with Crippen LogP contribution >= 0.6 is 11.6 Å². The average Bonchev–Trinajstić information content (AvgIpc) is 2.86. The molecular formula is C13H9ClN2O4. The van der Waals surface area contributed by atoms with Gasteiger partial charge in [-0.05, 0) is 6.07 Å². The Hall–Kier alpha value is -2.47. The largest absolute Gasteiger partial charge is 0.506 e. The fourth-order valence-corrected chi connectivity index (χ4v) is 1.96. The first-order chi connectivity index (χ1) is 9.63. The van der Waals surface area contributed by atoms with Crippen molar-refractivity contribution in [2.45, 2.75) is 0 Å². The number of nitrogens with zero attached hydrogens (tertiary/aromatic N) is 1.